The second-order valence-electron chi connectivity index (χ2n) is 5.65. The molecule has 1 heterocycles. The Morgan fingerprint density at radius 1 is 1.32 bits per heavy atom. The highest BCUT2D eigenvalue weighted by atomic mass is 19.1. The first-order valence-corrected chi connectivity index (χ1v) is 6.96. The number of benzene rings is 1. The summed E-state index contributed by atoms with van der Waals surface area (Å²) in [6, 6.07) is 5.66. The van der Waals surface area contributed by atoms with Crippen LogP contribution in [0.5, 0.6) is 0 Å². The van der Waals surface area contributed by atoms with Crippen molar-refractivity contribution in [1.29, 1.82) is 0 Å². The zero-order valence-electron chi connectivity index (χ0n) is 12.1. The number of nitrogens with two attached hydrogens (primary N) is 1. The van der Waals surface area contributed by atoms with Gasteiger partial charge in [0.05, 0.1) is 5.69 Å². The van der Waals surface area contributed by atoms with Crippen LogP contribution < -0.4 is 10.6 Å². The fourth-order valence-electron chi connectivity index (χ4n) is 2.84. The van der Waals surface area contributed by atoms with Crippen molar-refractivity contribution in [3.05, 3.63) is 29.6 Å². The van der Waals surface area contributed by atoms with Crippen LogP contribution in [0.15, 0.2) is 18.2 Å². The molecular formula is C15H24FN3. The zero-order chi connectivity index (χ0) is 14.0. The number of nitrogens with zero attached hydrogens (tertiary/aromatic N) is 2. The molecule has 2 N–H and O–H groups in total. The molecule has 0 aromatic heterocycles. The van der Waals surface area contributed by atoms with E-state index < -0.39 is 0 Å². The van der Waals surface area contributed by atoms with Gasteiger partial charge in [-0.25, -0.2) is 4.39 Å². The van der Waals surface area contributed by atoms with Crippen molar-refractivity contribution in [3.63, 3.8) is 0 Å². The molecule has 2 rings (SSSR count). The standard InChI is InChI=1S/C15H24FN3/c1-11(17)13-5-4-6-14(16)15(13)19-9-7-12(8-10-19)18(2)3/h4-6,11-12H,7-10,17H2,1-3H3. The van der Waals surface area contributed by atoms with Gasteiger partial charge in [-0.2, -0.15) is 0 Å². The van der Waals surface area contributed by atoms with Crippen LogP contribution >= 0.6 is 0 Å². The van der Waals surface area contributed by atoms with Crippen LogP contribution in [0.4, 0.5) is 10.1 Å². The molecule has 19 heavy (non-hydrogen) atoms. The number of rotatable bonds is 3. The number of halogens is 1. The van der Waals surface area contributed by atoms with E-state index in [1.165, 1.54) is 6.07 Å². The van der Waals surface area contributed by atoms with E-state index in [9.17, 15) is 4.39 Å². The summed E-state index contributed by atoms with van der Waals surface area (Å²) in [6.07, 6.45) is 2.14. The van der Waals surface area contributed by atoms with Gasteiger partial charge in [0.25, 0.3) is 0 Å². The number of para-hydroxylation sites is 1. The zero-order valence-corrected chi connectivity index (χ0v) is 12.1. The maximum atomic E-state index is 14.1. The largest absolute Gasteiger partial charge is 0.369 e. The Kier molecular flexibility index (Phi) is 4.42. The van der Waals surface area contributed by atoms with Gasteiger partial charge >= 0.3 is 0 Å². The Morgan fingerprint density at radius 3 is 2.47 bits per heavy atom. The van der Waals surface area contributed by atoms with Crippen LogP contribution in [0, 0.1) is 5.82 Å². The lowest BCUT2D eigenvalue weighted by atomic mass is 10.00. The Morgan fingerprint density at radius 2 is 1.95 bits per heavy atom. The Labute approximate surface area is 115 Å². The summed E-state index contributed by atoms with van der Waals surface area (Å²) in [4.78, 5) is 4.40. The van der Waals surface area contributed by atoms with Gasteiger partial charge in [0.1, 0.15) is 5.82 Å². The van der Waals surface area contributed by atoms with Crippen LogP contribution in [0.1, 0.15) is 31.4 Å². The summed E-state index contributed by atoms with van der Waals surface area (Å²) in [6.45, 7) is 3.69. The van der Waals surface area contributed by atoms with Crippen molar-refractivity contribution in [3.8, 4) is 0 Å². The molecule has 1 unspecified atom stereocenters. The predicted molar refractivity (Wildman–Crippen MR) is 77.9 cm³/mol. The Balaban J connectivity index is 2.19. The molecule has 1 saturated heterocycles. The molecule has 1 atom stereocenters. The van der Waals surface area contributed by atoms with Gasteiger partial charge in [-0.15, -0.1) is 0 Å². The molecule has 0 bridgehead atoms. The third-order valence-corrected chi connectivity index (χ3v) is 4.02. The summed E-state index contributed by atoms with van der Waals surface area (Å²) >= 11 is 0. The molecule has 0 saturated carbocycles. The van der Waals surface area contributed by atoms with Crippen molar-refractivity contribution in [2.45, 2.75) is 31.8 Å². The highest BCUT2D eigenvalue weighted by Crippen LogP contribution is 2.31. The molecule has 4 heteroatoms. The number of hydrogen-bond acceptors (Lipinski definition) is 3. The van der Waals surface area contributed by atoms with E-state index in [0.717, 1.165) is 31.5 Å². The molecule has 3 nitrogen and oxygen atoms in total. The Hall–Kier alpha value is -1.13. The van der Waals surface area contributed by atoms with Gasteiger partial charge in [-0.1, -0.05) is 12.1 Å². The molecule has 1 aromatic rings. The second kappa shape index (κ2) is 5.88. The van der Waals surface area contributed by atoms with Crippen molar-refractivity contribution in [1.82, 2.24) is 4.90 Å². The highest BCUT2D eigenvalue weighted by Gasteiger charge is 2.24. The van der Waals surface area contributed by atoms with Gasteiger partial charge in [-0.05, 0) is 45.5 Å². The summed E-state index contributed by atoms with van der Waals surface area (Å²) < 4.78 is 14.1. The summed E-state index contributed by atoms with van der Waals surface area (Å²) in [5.41, 5.74) is 7.57. The maximum absolute atomic E-state index is 14.1. The minimum absolute atomic E-state index is 0.141. The normalized spacial score (nSPS) is 18.9. The van der Waals surface area contributed by atoms with Crippen molar-refractivity contribution >= 4 is 5.69 Å². The molecule has 0 amide bonds. The smallest absolute Gasteiger partial charge is 0.146 e. The van der Waals surface area contributed by atoms with Crippen molar-refractivity contribution < 1.29 is 4.39 Å². The quantitative estimate of drug-likeness (QED) is 0.910. The van der Waals surface area contributed by atoms with E-state index in [4.69, 9.17) is 5.73 Å². The first kappa shape index (κ1) is 14.3. The Bertz CT molecular complexity index is 423. The maximum Gasteiger partial charge on any atom is 0.146 e. The SMILES string of the molecule is CC(N)c1cccc(F)c1N1CCC(N(C)C)CC1. The lowest BCUT2D eigenvalue weighted by Gasteiger charge is -2.37. The van der Waals surface area contributed by atoms with Gasteiger partial charge in [0.15, 0.2) is 0 Å². The summed E-state index contributed by atoms with van der Waals surface area (Å²) in [5, 5.41) is 0. The second-order valence-corrected chi connectivity index (χ2v) is 5.65. The van der Waals surface area contributed by atoms with E-state index in [2.05, 4.69) is 23.9 Å². The monoisotopic (exact) mass is 265 g/mol. The average molecular weight is 265 g/mol. The molecule has 106 valence electrons. The highest BCUT2D eigenvalue weighted by molar-refractivity contribution is 5.56. The van der Waals surface area contributed by atoms with E-state index in [1.807, 2.05) is 13.0 Å². The summed E-state index contributed by atoms with van der Waals surface area (Å²) in [5.74, 6) is -0.155. The molecule has 1 aliphatic rings. The third-order valence-electron chi connectivity index (χ3n) is 4.02. The minimum Gasteiger partial charge on any atom is -0.369 e. The summed E-state index contributed by atoms with van der Waals surface area (Å²) in [7, 11) is 4.22. The van der Waals surface area contributed by atoms with E-state index in [-0.39, 0.29) is 11.9 Å². The van der Waals surface area contributed by atoms with Gasteiger partial charge in [0, 0.05) is 25.2 Å². The number of piperidine rings is 1. The fraction of sp³-hybridized carbons (Fsp3) is 0.600. The van der Waals surface area contributed by atoms with E-state index in [1.54, 1.807) is 6.07 Å². The lowest BCUT2D eigenvalue weighted by Crippen LogP contribution is -2.42. The third kappa shape index (κ3) is 3.07. The van der Waals surface area contributed by atoms with Crippen LogP contribution in [-0.4, -0.2) is 38.1 Å². The number of anilines is 1. The van der Waals surface area contributed by atoms with E-state index >= 15 is 0 Å². The van der Waals surface area contributed by atoms with Crippen LogP contribution in [0.2, 0.25) is 0 Å². The first-order valence-electron chi connectivity index (χ1n) is 6.96. The molecular weight excluding hydrogens is 241 g/mol. The molecule has 0 aliphatic carbocycles. The molecule has 1 aliphatic heterocycles. The van der Waals surface area contributed by atoms with Gasteiger partial charge < -0.3 is 15.5 Å². The van der Waals surface area contributed by atoms with Crippen LogP contribution in [0.3, 0.4) is 0 Å². The lowest BCUT2D eigenvalue weighted by molar-refractivity contribution is 0.249. The van der Waals surface area contributed by atoms with Gasteiger partial charge in [0.2, 0.25) is 0 Å². The topological polar surface area (TPSA) is 32.5 Å². The predicted octanol–water partition coefficient (Wildman–Crippen LogP) is 2.38. The number of hydrogen-bond donors (Lipinski definition) is 1. The first-order chi connectivity index (χ1) is 9.00. The van der Waals surface area contributed by atoms with Gasteiger partial charge in [-0.3, -0.25) is 0 Å². The molecule has 1 fully saturated rings. The average Bonchev–Trinajstić information content (AvgIpc) is 2.38. The fourth-order valence-corrected chi connectivity index (χ4v) is 2.84. The van der Waals surface area contributed by atoms with Crippen LogP contribution in [0.25, 0.3) is 0 Å². The molecule has 0 spiro atoms. The van der Waals surface area contributed by atoms with Crippen molar-refractivity contribution in [2.75, 3.05) is 32.1 Å². The molecule has 0 radical (unpaired) electrons. The molecule has 1 aromatic carbocycles. The minimum atomic E-state index is -0.155. The van der Waals surface area contributed by atoms with E-state index in [0.29, 0.717) is 11.7 Å². The van der Waals surface area contributed by atoms with Crippen molar-refractivity contribution in [2.24, 2.45) is 5.73 Å². The van der Waals surface area contributed by atoms with Crippen LogP contribution in [-0.2, 0) is 0 Å².